The first-order chi connectivity index (χ1) is 10.8. The monoisotopic (exact) mass is 326 g/mol. The van der Waals surface area contributed by atoms with Crippen LogP contribution in [0.2, 0.25) is 0 Å². The fourth-order valence-electron chi connectivity index (χ4n) is 1.96. The van der Waals surface area contributed by atoms with E-state index in [4.69, 9.17) is 6.42 Å². The minimum absolute atomic E-state index is 0.0207. The molecule has 1 aromatic heterocycles. The summed E-state index contributed by atoms with van der Waals surface area (Å²) in [6, 6.07) is 3.93. The number of hydrogen-bond acceptors (Lipinski definition) is 3. The molecular formula is C15H10F4N2O2. The Morgan fingerprint density at radius 2 is 2.13 bits per heavy atom. The van der Waals surface area contributed by atoms with E-state index in [2.05, 4.69) is 9.84 Å². The van der Waals surface area contributed by atoms with E-state index in [0.717, 1.165) is 18.0 Å². The highest BCUT2D eigenvalue weighted by Crippen LogP contribution is 2.30. The van der Waals surface area contributed by atoms with E-state index < -0.39 is 29.2 Å². The van der Waals surface area contributed by atoms with Crippen molar-refractivity contribution in [1.82, 2.24) is 9.78 Å². The Labute approximate surface area is 128 Å². The quantitative estimate of drug-likeness (QED) is 0.495. The highest BCUT2D eigenvalue weighted by molar-refractivity contribution is 5.89. The Hall–Kier alpha value is -2.82. The van der Waals surface area contributed by atoms with Gasteiger partial charge in [-0.3, -0.25) is 4.68 Å². The van der Waals surface area contributed by atoms with Crippen LogP contribution in [0.25, 0.3) is 0 Å². The van der Waals surface area contributed by atoms with Crippen LogP contribution in [0.4, 0.5) is 17.6 Å². The molecule has 0 spiro atoms. The third-order valence-electron chi connectivity index (χ3n) is 3.00. The standard InChI is InChI=1S/C15H10F4N2O2/c1-3-9-7-21(20-13(9)15(17,18)19)8-10-5-4-6-11(12(10)16)14(22)23-2/h1,4-7H,8H2,2H3. The number of ether oxygens (including phenoxy) is 1. The van der Waals surface area contributed by atoms with Crippen molar-refractivity contribution < 1.29 is 27.1 Å². The fourth-order valence-corrected chi connectivity index (χ4v) is 1.96. The molecule has 0 atom stereocenters. The maximum Gasteiger partial charge on any atom is 0.436 e. The maximum atomic E-state index is 14.2. The molecule has 0 aliphatic rings. The van der Waals surface area contributed by atoms with Gasteiger partial charge in [-0.2, -0.15) is 18.3 Å². The van der Waals surface area contributed by atoms with Gasteiger partial charge < -0.3 is 4.74 Å². The van der Waals surface area contributed by atoms with Crippen molar-refractivity contribution in [3.63, 3.8) is 0 Å². The van der Waals surface area contributed by atoms with Crippen molar-refractivity contribution in [2.75, 3.05) is 7.11 Å². The molecule has 0 saturated carbocycles. The molecule has 23 heavy (non-hydrogen) atoms. The number of benzene rings is 1. The molecule has 0 fully saturated rings. The molecule has 0 N–H and O–H groups in total. The zero-order valence-electron chi connectivity index (χ0n) is 11.8. The van der Waals surface area contributed by atoms with Gasteiger partial charge in [-0.15, -0.1) is 6.42 Å². The zero-order chi connectivity index (χ0) is 17.2. The van der Waals surface area contributed by atoms with Crippen LogP contribution < -0.4 is 0 Å². The maximum absolute atomic E-state index is 14.2. The molecule has 8 heteroatoms. The Balaban J connectivity index is 2.40. The lowest BCUT2D eigenvalue weighted by atomic mass is 10.1. The van der Waals surface area contributed by atoms with E-state index in [1.807, 2.05) is 5.92 Å². The van der Waals surface area contributed by atoms with Crippen LogP contribution in [0.1, 0.15) is 27.2 Å². The number of rotatable bonds is 3. The molecule has 0 aliphatic heterocycles. The average molecular weight is 326 g/mol. The minimum Gasteiger partial charge on any atom is -0.465 e. The Kier molecular flexibility index (Phi) is 4.40. The normalized spacial score (nSPS) is 11.1. The summed E-state index contributed by atoms with van der Waals surface area (Å²) in [7, 11) is 1.09. The predicted molar refractivity (Wildman–Crippen MR) is 72.0 cm³/mol. The second-order valence-corrected chi connectivity index (χ2v) is 4.50. The van der Waals surface area contributed by atoms with Crippen LogP contribution in [-0.2, 0) is 17.5 Å². The van der Waals surface area contributed by atoms with Crippen molar-refractivity contribution in [2.45, 2.75) is 12.7 Å². The summed E-state index contributed by atoms with van der Waals surface area (Å²) in [6.07, 6.45) is 1.31. The van der Waals surface area contributed by atoms with Gasteiger partial charge in [-0.25, -0.2) is 9.18 Å². The summed E-state index contributed by atoms with van der Waals surface area (Å²) in [5.41, 5.74) is -2.00. The lowest BCUT2D eigenvalue weighted by molar-refractivity contribution is -0.141. The van der Waals surface area contributed by atoms with Crippen LogP contribution in [0.15, 0.2) is 24.4 Å². The van der Waals surface area contributed by atoms with Crippen LogP contribution >= 0.6 is 0 Å². The molecule has 0 radical (unpaired) electrons. The molecule has 0 saturated heterocycles. The van der Waals surface area contributed by atoms with E-state index in [9.17, 15) is 22.4 Å². The highest BCUT2D eigenvalue weighted by atomic mass is 19.4. The summed E-state index contributed by atoms with van der Waals surface area (Å²) in [5, 5.41) is 3.35. The third kappa shape index (κ3) is 3.34. The van der Waals surface area contributed by atoms with Gasteiger partial charge in [-0.05, 0) is 6.07 Å². The average Bonchev–Trinajstić information content (AvgIpc) is 2.92. The molecule has 0 unspecified atom stereocenters. The Morgan fingerprint density at radius 3 is 2.65 bits per heavy atom. The number of aromatic nitrogens is 2. The van der Waals surface area contributed by atoms with Crippen molar-refractivity contribution in [2.24, 2.45) is 0 Å². The molecule has 120 valence electrons. The summed E-state index contributed by atoms with van der Waals surface area (Å²) >= 11 is 0. The van der Waals surface area contributed by atoms with Gasteiger partial charge in [0.15, 0.2) is 5.69 Å². The van der Waals surface area contributed by atoms with Crippen LogP contribution in [0.5, 0.6) is 0 Å². The first kappa shape index (κ1) is 16.5. The largest absolute Gasteiger partial charge is 0.465 e. The third-order valence-corrected chi connectivity index (χ3v) is 3.00. The fraction of sp³-hybridized carbons (Fsp3) is 0.200. The molecule has 0 aliphatic carbocycles. The number of nitrogens with zero attached hydrogens (tertiary/aromatic N) is 2. The molecule has 4 nitrogen and oxygen atoms in total. The number of halogens is 4. The summed E-state index contributed by atoms with van der Waals surface area (Å²) < 4.78 is 57.8. The van der Waals surface area contributed by atoms with Gasteiger partial charge in [0.2, 0.25) is 0 Å². The molecule has 2 aromatic rings. The highest BCUT2D eigenvalue weighted by Gasteiger charge is 2.37. The summed E-state index contributed by atoms with van der Waals surface area (Å²) in [6.45, 7) is -0.318. The van der Waals surface area contributed by atoms with E-state index >= 15 is 0 Å². The van der Waals surface area contributed by atoms with Crippen LogP contribution in [-0.4, -0.2) is 22.9 Å². The first-order valence-electron chi connectivity index (χ1n) is 6.25. The van der Waals surface area contributed by atoms with Gasteiger partial charge in [0.25, 0.3) is 0 Å². The Morgan fingerprint density at radius 1 is 1.43 bits per heavy atom. The SMILES string of the molecule is C#Cc1cn(Cc2cccc(C(=O)OC)c2F)nc1C(F)(F)F. The smallest absolute Gasteiger partial charge is 0.436 e. The van der Waals surface area contributed by atoms with E-state index in [1.54, 1.807) is 0 Å². The summed E-state index contributed by atoms with van der Waals surface area (Å²) in [4.78, 5) is 11.4. The first-order valence-corrected chi connectivity index (χ1v) is 6.25. The molecule has 0 amide bonds. The van der Waals surface area contributed by atoms with Crippen molar-refractivity contribution in [3.8, 4) is 12.3 Å². The van der Waals surface area contributed by atoms with E-state index in [0.29, 0.717) is 0 Å². The van der Waals surface area contributed by atoms with E-state index in [-0.39, 0.29) is 17.7 Å². The number of alkyl halides is 3. The van der Waals surface area contributed by atoms with Crippen LogP contribution in [0, 0.1) is 18.2 Å². The number of carbonyl (C=O) groups is 1. The zero-order valence-corrected chi connectivity index (χ0v) is 11.8. The van der Waals surface area contributed by atoms with E-state index in [1.165, 1.54) is 18.2 Å². The topological polar surface area (TPSA) is 44.1 Å². The number of terminal acetylenes is 1. The molecule has 1 aromatic carbocycles. The lowest BCUT2D eigenvalue weighted by Gasteiger charge is -2.07. The molecule has 0 bridgehead atoms. The van der Waals surface area contributed by atoms with Gasteiger partial charge in [0.05, 0.1) is 24.8 Å². The van der Waals surface area contributed by atoms with Gasteiger partial charge in [-0.1, -0.05) is 18.1 Å². The Bertz CT molecular complexity index is 788. The molecule has 2 rings (SSSR count). The van der Waals surface area contributed by atoms with Crippen molar-refractivity contribution in [3.05, 3.63) is 52.6 Å². The van der Waals surface area contributed by atoms with Gasteiger partial charge in [0, 0.05) is 11.8 Å². The number of hydrogen-bond donors (Lipinski definition) is 0. The van der Waals surface area contributed by atoms with Gasteiger partial charge >= 0.3 is 12.1 Å². The molecule has 1 heterocycles. The van der Waals surface area contributed by atoms with Gasteiger partial charge in [0.1, 0.15) is 5.82 Å². The number of methoxy groups -OCH3 is 1. The van der Waals surface area contributed by atoms with Crippen molar-refractivity contribution in [1.29, 1.82) is 0 Å². The second-order valence-electron chi connectivity index (χ2n) is 4.50. The van der Waals surface area contributed by atoms with Crippen molar-refractivity contribution >= 4 is 5.97 Å². The second kappa shape index (κ2) is 6.12. The minimum atomic E-state index is -4.71. The lowest BCUT2D eigenvalue weighted by Crippen LogP contribution is -2.11. The number of carbonyl (C=O) groups excluding carboxylic acids is 1. The summed E-state index contributed by atoms with van der Waals surface area (Å²) in [5.74, 6) is 0.123. The predicted octanol–water partition coefficient (Wildman–Crippen LogP) is 2.86. The number of esters is 1. The van der Waals surface area contributed by atoms with Crippen LogP contribution in [0.3, 0.4) is 0 Å². The molecular weight excluding hydrogens is 316 g/mol.